The Bertz CT molecular complexity index is 1290. The molecule has 144 valence electrons. The summed E-state index contributed by atoms with van der Waals surface area (Å²) in [6, 6.07) is 12.9. The van der Waals surface area contributed by atoms with Crippen LogP contribution in [0.4, 0.5) is 5.13 Å². The molecule has 0 radical (unpaired) electrons. The highest BCUT2D eigenvalue weighted by Gasteiger charge is 2.44. The largest absolute Gasteiger partial charge is 0.450 e. The van der Waals surface area contributed by atoms with E-state index in [1.165, 1.54) is 16.9 Å². The van der Waals surface area contributed by atoms with E-state index < -0.39 is 6.04 Å². The van der Waals surface area contributed by atoms with Crippen molar-refractivity contribution in [1.82, 2.24) is 4.98 Å². The summed E-state index contributed by atoms with van der Waals surface area (Å²) in [6.07, 6.45) is 2.57. The Hall–Kier alpha value is -3.25. The molecule has 1 aliphatic rings. The number of nitrogens with zero attached hydrogens (tertiary/aromatic N) is 2. The third-order valence-electron chi connectivity index (χ3n) is 5.35. The molecule has 0 spiro atoms. The highest BCUT2D eigenvalue weighted by Crippen LogP contribution is 2.41. The van der Waals surface area contributed by atoms with Gasteiger partial charge in [-0.05, 0) is 36.6 Å². The predicted octanol–water partition coefficient (Wildman–Crippen LogP) is 4.87. The van der Waals surface area contributed by atoms with Gasteiger partial charge in [-0.1, -0.05) is 42.8 Å². The lowest BCUT2D eigenvalue weighted by Crippen LogP contribution is -2.29. The van der Waals surface area contributed by atoms with Crippen LogP contribution in [0, 0.1) is 6.92 Å². The molecular formula is C23H18N2O3S. The molecule has 1 unspecified atom stereocenters. The first kappa shape index (κ1) is 17.8. The van der Waals surface area contributed by atoms with Crippen LogP contribution in [0.5, 0.6) is 0 Å². The average Bonchev–Trinajstić information content (AvgIpc) is 3.35. The van der Waals surface area contributed by atoms with E-state index in [1.54, 1.807) is 17.2 Å². The molecule has 6 heteroatoms. The number of thiazole rings is 1. The number of hydrogen-bond donors (Lipinski definition) is 0. The Morgan fingerprint density at radius 1 is 1.14 bits per heavy atom. The Balaban J connectivity index is 1.80. The number of amides is 1. The van der Waals surface area contributed by atoms with Crippen molar-refractivity contribution in [2.24, 2.45) is 0 Å². The van der Waals surface area contributed by atoms with E-state index in [0.29, 0.717) is 21.7 Å². The molecular weight excluding hydrogens is 384 g/mol. The van der Waals surface area contributed by atoms with Gasteiger partial charge >= 0.3 is 0 Å². The first-order chi connectivity index (χ1) is 14.1. The molecule has 0 N–H and O–H groups in total. The number of carbonyl (C=O) groups is 1. The summed E-state index contributed by atoms with van der Waals surface area (Å²) in [5.41, 5.74) is 3.67. The lowest BCUT2D eigenvalue weighted by Gasteiger charge is -2.22. The molecule has 1 amide bonds. The minimum Gasteiger partial charge on any atom is -0.450 e. The molecule has 0 saturated heterocycles. The van der Waals surface area contributed by atoms with Crippen LogP contribution in [0.2, 0.25) is 0 Å². The Morgan fingerprint density at radius 2 is 1.93 bits per heavy atom. The number of hydrogen-bond acceptors (Lipinski definition) is 5. The summed E-state index contributed by atoms with van der Waals surface area (Å²) in [7, 11) is 0. The van der Waals surface area contributed by atoms with Crippen LogP contribution in [0.3, 0.4) is 0 Å². The zero-order valence-corrected chi connectivity index (χ0v) is 16.8. The maximum atomic E-state index is 13.5. The molecule has 4 aromatic rings. The van der Waals surface area contributed by atoms with Gasteiger partial charge in [-0.3, -0.25) is 14.5 Å². The highest BCUT2D eigenvalue weighted by atomic mass is 32.1. The number of aryl methyl sites for hydroxylation is 2. The van der Waals surface area contributed by atoms with Crippen LogP contribution in [0.25, 0.3) is 11.0 Å². The van der Waals surface area contributed by atoms with E-state index in [1.807, 2.05) is 48.7 Å². The van der Waals surface area contributed by atoms with E-state index >= 15 is 0 Å². The fraction of sp³-hybridized carbons (Fsp3) is 0.174. The van der Waals surface area contributed by atoms with E-state index in [2.05, 4.69) is 11.9 Å². The van der Waals surface area contributed by atoms with Crippen molar-refractivity contribution in [3.8, 4) is 0 Å². The van der Waals surface area contributed by atoms with Crippen molar-refractivity contribution in [2.45, 2.75) is 26.3 Å². The molecule has 29 heavy (non-hydrogen) atoms. The minimum atomic E-state index is -0.560. The lowest BCUT2D eigenvalue weighted by molar-refractivity contribution is 0.0971. The highest BCUT2D eigenvalue weighted by molar-refractivity contribution is 7.13. The predicted molar refractivity (Wildman–Crippen MR) is 114 cm³/mol. The molecule has 1 atom stereocenters. The van der Waals surface area contributed by atoms with Gasteiger partial charge in [0.2, 0.25) is 5.76 Å². The van der Waals surface area contributed by atoms with Gasteiger partial charge in [0.15, 0.2) is 10.6 Å². The number of rotatable bonds is 3. The van der Waals surface area contributed by atoms with Gasteiger partial charge in [0.25, 0.3) is 5.91 Å². The maximum absolute atomic E-state index is 13.5. The zero-order chi connectivity index (χ0) is 20.1. The zero-order valence-electron chi connectivity index (χ0n) is 16.0. The molecule has 3 heterocycles. The number of benzene rings is 2. The lowest BCUT2D eigenvalue weighted by atomic mass is 9.97. The van der Waals surface area contributed by atoms with Gasteiger partial charge in [0.05, 0.1) is 17.0 Å². The third kappa shape index (κ3) is 2.71. The Labute approximate surface area is 171 Å². The van der Waals surface area contributed by atoms with E-state index in [0.717, 1.165) is 17.5 Å². The molecule has 2 aromatic heterocycles. The van der Waals surface area contributed by atoms with Gasteiger partial charge in [-0.15, -0.1) is 11.3 Å². The molecule has 0 saturated carbocycles. The summed E-state index contributed by atoms with van der Waals surface area (Å²) < 4.78 is 5.96. The first-order valence-electron chi connectivity index (χ1n) is 9.47. The molecule has 0 aliphatic carbocycles. The number of carbonyl (C=O) groups excluding carboxylic acids is 1. The standard InChI is InChI=1S/C23H18N2O3S/c1-3-14-5-7-15(8-6-14)19-18-20(26)16-12-13(2)4-9-17(16)28-21(18)22(27)25(19)23-24-10-11-29-23/h4-12,19H,3H2,1-2H3. The van der Waals surface area contributed by atoms with Crippen LogP contribution < -0.4 is 10.3 Å². The fourth-order valence-corrected chi connectivity index (χ4v) is 4.54. The molecule has 5 nitrogen and oxygen atoms in total. The van der Waals surface area contributed by atoms with Crippen LogP contribution in [0.1, 0.15) is 45.8 Å². The summed E-state index contributed by atoms with van der Waals surface area (Å²) in [5, 5.41) is 2.86. The SMILES string of the molecule is CCc1ccc(C2c3c(oc4ccc(C)cc4c3=O)C(=O)N2c2nccs2)cc1. The Kier molecular flexibility index (Phi) is 4.10. The second kappa shape index (κ2) is 6.67. The van der Waals surface area contributed by atoms with Gasteiger partial charge < -0.3 is 4.42 Å². The van der Waals surface area contributed by atoms with Crippen molar-refractivity contribution >= 4 is 33.3 Å². The molecule has 1 aliphatic heterocycles. The van der Waals surface area contributed by atoms with Gasteiger partial charge in [0, 0.05) is 11.6 Å². The fourth-order valence-electron chi connectivity index (χ4n) is 3.87. The summed E-state index contributed by atoms with van der Waals surface area (Å²) in [4.78, 5) is 32.7. The van der Waals surface area contributed by atoms with Crippen LogP contribution in [-0.4, -0.2) is 10.9 Å². The monoisotopic (exact) mass is 402 g/mol. The molecule has 2 aromatic carbocycles. The minimum absolute atomic E-state index is 0.103. The quantitative estimate of drug-likeness (QED) is 0.490. The smallest absolute Gasteiger partial charge is 0.297 e. The molecule has 0 bridgehead atoms. The second-order valence-corrected chi connectivity index (χ2v) is 8.03. The van der Waals surface area contributed by atoms with Crippen molar-refractivity contribution < 1.29 is 9.21 Å². The average molecular weight is 402 g/mol. The normalized spacial score (nSPS) is 15.9. The van der Waals surface area contributed by atoms with Gasteiger partial charge in [-0.25, -0.2) is 4.98 Å². The van der Waals surface area contributed by atoms with Crippen LogP contribution in [-0.2, 0) is 6.42 Å². The molecule has 5 rings (SSSR count). The van der Waals surface area contributed by atoms with Crippen molar-refractivity contribution in [2.75, 3.05) is 4.90 Å². The van der Waals surface area contributed by atoms with E-state index in [-0.39, 0.29) is 17.1 Å². The van der Waals surface area contributed by atoms with Crippen molar-refractivity contribution in [1.29, 1.82) is 0 Å². The van der Waals surface area contributed by atoms with Crippen molar-refractivity contribution in [3.05, 3.63) is 92.3 Å². The van der Waals surface area contributed by atoms with Crippen LogP contribution in [0.15, 0.2) is 63.3 Å². The number of fused-ring (bicyclic) bond motifs is 2. The van der Waals surface area contributed by atoms with Gasteiger partial charge in [0.1, 0.15) is 5.58 Å². The Morgan fingerprint density at radius 3 is 2.62 bits per heavy atom. The maximum Gasteiger partial charge on any atom is 0.297 e. The first-order valence-corrected chi connectivity index (χ1v) is 10.4. The number of aromatic nitrogens is 1. The van der Waals surface area contributed by atoms with Crippen molar-refractivity contribution in [3.63, 3.8) is 0 Å². The van der Waals surface area contributed by atoms with Gasteiger partial charge in [-0.2, -0.15) is 0 Å². The molecule has 0 fully saturated rings. The van der Waals surface area contributed by atoms with E-state index in [4.69, 9.17) is 4.42 Å². The summed E-state index contributed by atoms with van der Waals surface area (Å²) >= 11 is 1.36. The topological polar surface area (TPSA) is 63.4 Å². The van der Waals surface area contributed by atoms with E-state index in [9.17, 15) is 9.59 Å². The van der Waals surface area contributed by atoms with Crippen LogP contribution >= 0.6 is 11.3 Å². The third-order valence-corrected chi connectivity index (χ3v) is 6.13. The number of anilines is 1. The second-order valence-electron chi connectivity index (χ2n) is 7.16. The summed E-state index contributed by atoms with van der Waals surface area (Å²) in [5.74, 6) is -0.231. The summed E-state index contributed by atoms with van der Waals surface area (Å²) in [6.45, 7) is 4.02.